The van der Waals surface area contributed by atoms with Crippen LogP contribution in [0.2, 0.25) is 0 Å². The summed E-state index contributed by atoms with van der Waals surface area (Å²) in [5, 5.41) is 19.8. The first-order valence-corrected chi connectivity index (χ1v) is 7.92. The molecule has 0 bridgehead atoms. The summed E-state index contributed by atoms with van der Waals surface area (Å²) < 4.78 is 5.41. The van der Waals surface area contributed by atoms with Gasteiger partial charge in [-0.05, 0) is 69.8 Å². The van der Waals surface area contributed by atoms with Gasteiger partial charge in [-0.25, -0.2) is 0 Å². The lowest BCUT2D eigenvalue weighted by atomic mass is 9.78. The number of carbonyl (C=O) groups excluding carboxylic acids is 1. The van der Waals surface area contributed by atoms with Crippen LogP contribution >= 0.6 is 0 Å². The van der Waals surface area contributed by atoms with Crippen molar-refractivity contribution in [3.8, 4) is 0 Å². The van der Waals surface area contributed by atoms with Gasteiger partial charge in [0, 0.05) is 13.5 Å². The van der Waals surface area contributed by atoms with Gasteiger partial charge in [-0.1, -0.05) is 6.58 Å². The van der Waals surface area contributed by atoms with Crippen LogP contribution in [0.3, 0.4) is 0 Å². The molecule has 1 saturated carbocycles. The van der Waals surface area contributed by atoms with Crippen molar-refractivity contribution >= 4 is 5.97 Å². The Kier molecular flexibility index (Phi) is 6.88. The van der Waals surface area contributed by atoms with Gasteiger partial charge in [-0.15, -0.1) is 0 Å². The van der Waals surface area contributed by atoms with Gasteiger partial charge in [0.1, 0.15) is 6.10 Å². The second-order valence-corrected chi connectivity index (χ2v) is 6.86. The lowest BCUT2D eigenvalue weighted by molar-refractivity contribution is -0.146. The van der Waals surface area contributed by atoms with Crippen LogP contribution in [0.4, 0.5) is 0 Å². The lowest BCUT2D eigenvalue weighted by Gasteiger charge is -2.34. The van der Waals surface area contributed by atoms with E-state index in [1.165, 1.54) is 6.92 Å². The van der Waals surface area contributed by atoms with Crippen LogP contribution in [0.1, 0.15) is 59.3 Å². The molecule has 0 heterocycles. The zero-order valence-electron chi connectivity index (χ0n) is 13.6. The highest BCUT2D eigenvalue weighted by Crippen LogP contribution is 2.34. The number of carbonyl (C=O) groups is 1. The molecule has 122 valence electrons. The van der Waals surface area contributed by atoms with E-state index in [2.05, 4.69) is 6.58 Å². The molecule has 1 rings (SSSR count). The second kappa shape index (κ2) is 7.95. The van der Waals surface area contributed by atoms with Crippen molar-refractivity contribution in [2.75, 3.05) is 6.61 Å². The van der Waals surface area contributed by atoms with E-state index < -0.39 is 5.60 Å². The van der Waals surface area contributed by atoms with Crippen molar-refractivity contribution in [1.82, 2.24) is 0 Å². The minimum atomic E-state index is -0.835. The van der Waals surface area contributed by atoms with E-state index >= 15 is 0 Å². The Bertz CT molecular complexity index is 356. The van der Waals surface area contributed by atoms with E-state index in [1.54, 1.807) is 13.8 Å². The average Bonchev–Trinajstić information content (AvgIpc) is 2.37. The Morgan fingerprint density at radius 3 is 2.57 bits per heavy atom. The Morgan fingerprint density at radius 1 is 1.38 bits per heavy atom. The number of esters is 1. The third kappa shape index (κ3) is 6.18. The van der Waals surface area contributed by atoms with Gasteiger partial charge in [-0.3, -0.25) is 4.79 Å². The van der Waals surface area contributed by atoms with Crippen LogP contribution in [0, 0.1) is 11.8 Å². The highest BCUT2D eigenvalue weighted by atomic mass is 16.5. The van der Waals surface area contributed by atoms with Crippen LogP contribution in [-0.2, 0) is 9.53 Å². The molecule has 1 fully saturated rings. The molecule has 0 aliphatic heterocycles. The Labute approximate surface area is 128 Å². The van der Waals surface area contributed by atoms with Crippen LogP contribution in [0.25, 0.3) is 0 Å². The Morgan fingerprint density at radius 2 is 2.05 bits per heavy atom. The molecular weight excluding hydrogens is 268 g/mol. The summed E-state index contributed by atoms with van der Waals surface area (Å²) in [7, 11) is 0. The highest BCUT2D eigenvalue weighted by molar-refractivity contribution is 5.66. The first kappa shape index (κ1) is 18.2. The molecule has 0 aromatic carbocycles. The van der Waals surface area contributed by atoms with E-state index in [4.69, 9.17) is 4.74 Å². The molecule has 0 aromatic heterocycles. The maximum Gasteiger partial charge on any atom is 0.303 e. The van der Waals surface area contributed by atoms with Crippen LogP contribution in [-0.4, -0.2) is 34.5 Å². The number of aliphatic hydroxyl groups is 2. The molecule has 0 aromatic rings. The summed E-state index contributed by atoms with van der Waals surface area (Å²) in [5.41, 5.74) is 0.0794. The van der Waals surface area contributed by atoms with E-state index in [0.717, 1.165) is 37.7 Å². The van der Waals surface area contributed by atoms with Crippen molar-refractivity contribution in [2.24, 2.45) is 11.8 Å². The second-order valence-electron chi connectivity index (χ2n) is 6.86. The molecule has 3 atom stereocenters. The minimum Gasteiger partial charge on any atom is -0.458 e. The molecule has 2 unspecified atom stereocenters. The normalized spacial score (nSPS) is 29.0. The molecule has 0 saturated heterocycles. The fourth-order valence-corrected chi connectivity index (χ4v) is 3.06. The summed E-state index contributed by atoms with van der Waals surface area (Å²) in [6.45, 7) is 9.26. The molecule has 2 N–H and O–H groups in total. The van der Waals surface area contributed by atoms with Crippen LogP contribution in [0.15, 0.2) is 12.2 Å². The van der Waals surface area contributed by atoms with E-state index in [1.807, 2.05) is 0 Å². The van der Waals surface area contributed by atoms with Crippen LogP contribution in [0.5, 0.6) is 0 Å². The number of hydrogen-bond acceptors (Lipinski definition) is 4. The minimum absolute atomic E-state index is 0.0192. The lowest BCUT2D eigenvalue weighted by Crippen LogP contribution is -2.36. The molecule has 1 aliphatic carbocycles. The molecule has 0 amide bonds. The van der Waals surface area contributed by atoms with Gasteiger partial charge in [-0.2, -0.15) is 0 Å². The topological polar surface area (TPSA) is 66.8 Å². The Hall–Kier alpha value is -0.870. The molecule has 1 aliphatic rings. The quantitative estimate of drug-likeness (QED) is 0.621. The maximum absolute atomic E-state index is 11.3. The van der Waals surface area contributed by atoms with Gasteiger partial charge < -0.3 is 14.9 Å². The summed E-state index contributed by atoms with van der Waals surface area (Å²) in [5.74, 6) is -0.000356. The van der Waals surface area contributed by atoms with Gasteiger partial charge in [0.15, 0.2) is 0 Å². The van der Waals surface area contributed by atoms with Gasteiger partial charge >= 0.3 is 5.97 Å². The molecule has 0 spiro atoms. The number of aliphatic hydroxyl groups excluding tert-OH is 1. The third-order valence-corrected chi connectivity index (χ3v) is 4.55. The molecule has 4 heteroatoms. The average molecular weight is 298 g/mol. The molecule has 4 nitrogen and oxygen atoms in total. The zero-order chi connectivity index (χ0) is 16.0. The zero-order valence-corrected chi connectivity index (χ0v) is 13.6. The van der Waals surface area contributed by atoms with Gasteiger partial charge in [0.25, 0.3) is 0 Å². The predicted octanol–water partition coefficient (Wildman–Crippen LogP) is 2.82. The number of rotatable bonds is 3. The van der Waals surface area contributed by atoms with Gasteiger partial charge in [0.05, 0.1) is 5.60 Å². The molecule has 21 heavy (non-hydrogen) atoms. The monoisotopic (exact) mass is 298 g/mol. The van der Waals surface area contributed by atoms with Crippen LogP contribution < -0.4 is 0 Å². The van der Waals surface area contributed by atoms with Crippen molar-refractivity contribution < 1.29 is 19.7 Å². The van der Waals surface area contributed by atoms with Gasteiger partial charge in [0.2, 0.25) is 0 Å². The third-order valence-electron chi connectivity index (χ3n) is 4.55. The van der Waals surface area contributed by atoms with Crippen molar-refractivity contribution in [3.05, 3.63) is 12.2 Å². The molecular formula is C17H30O4. The number of hydrogen-bond donors (Lipinski definition) is 2. The standard InChI is InChI=1S/C17H30O4/c1-12-6-5-7-14(11-18)8-9-15(17(3,4)20)10-16(12)21-13(2)19/h14-16,18,20H,1,5-11H2,2-4H3/t14?,15-,16?/m0/s1. The highest BCUT2D eigenvalue weighted by Gasteiger charge is 2.32. The Balaban J connectivity index is 2.88. The summed E-state index contributed by atoms with van der Waals surface area (Å²) in [6.07, 6.45) is 4.69. The molecule has 0 radical (unpaired) electrons. The largest absolute Gasteiger partial charge is 0.458 e. The number of ether oxygens (including phenoxy) is 1. The van der Waals surface area contributed by atoms with Crippen molar-refractivity contribution in [2.45, 2.75) is 71.0 Å². The fraction of sp³-hybridized carbons (Fsp3) is 0.824. The first-order chi connectivity index (χ1) is 9.74. The maximum atomic E-state index is 11.3. The summed E-state index contributed by atoms with van der Waals surface area (Å²) in [4.78, 5) is 11.3. The summed E-state index contributed by atoms with van der Waals surface area (Å²) in [6, 6.07) is 0. The van der Waals surface area contributed by atoms with E-state index in [9.17, 15) is 15.0 Å². The van der Waals surface area contributed by atoms with E-state index in [-0.39, 0.29) is 30.5 Å². The predicted molar refractivity (Wildman–Crippen MR) is 82.8 cm³/mol. The SMILES string of the molecule is C=C1CCCC(CO)CC[C@H](C(C)(C)O)CC1OC(C)=O. The van der Waals surface area contributed by atoms with Crippen molar-refractivity contribution in [3.63, 3.8) is 0 Å². The first-order valence-electron chi connectivity index (χ1n) is 7.92. The van der Waals surface area contributed by atoms with Crippen molar-refractivity contribution in [1.29, 1.82) is 0 Å². The van der Waals surface area contributed by atoms with E-state index in [0.29, 0.717) is 6.42 Å². The fourth-order valence-electron chi connectivity index (χ4n) is 3.06. The summed E-state index contributed by atoms with van der Waals surface area (Å²) >= 11 is 0. The smallest absolute Gasteiger partial charge is 0.303 e.